The Labute approximate surface area is 717 Å². The normalized spacial score (nSPS) is 18.9. The van der Waals surface area contributed by atoms with E-state index in [-0.39, 0.29) is 94.8 Å². The van der Waals surface area contributed by atoms with Crippen molar-refractivity contribution in [1.82, 2.24) is 28.7 Å². The summed E-state index contributed by atoms with van der Waals surface area (Å²) >= 11 is 0. The Morgan fingerprint density at radius 2 is 0.778 bits per heavy atom. The second-order valence-electron chi connectivity index (χ2n) is 32.6. The predicted molar refractivity (Wildman–Crippen MR) is 454 cm³/mol. The number of hydrogen-bond donors (Lipinski definition) is 1. The summed E-state index contributed by atoms with van der Waals surface area (Å²) in [6.07, 6.45) is 13.5. The van der Waals surface area contributed by atoms with Gasteiger partial charge in [0.25, 0.3) is 17.7 Å². The Hall–Kier alpha value is -14.1. The Balaban J connectivity index is 0.000000128. The van der Waals surface area contributed by atoms with E-state index < -0.39 is 109 Å². The second kappa shape index (κ2) is 32.2. The molecule has 640 valence electrons. The molecule has 6 aliphatic carbocycles. The highest BCUT2D eigenvalue weighted by atomic mass is 19.2. The number of fused-ring (bicyclic) bond motifs is 18. The van der Waals surface area contributed by atoms with E-state index in [1.807, 2.05) is 114 Å². The van der Waals surface area contributed by atoms with E-state index in [0.29, 0.717) is 88.6 Å². The van der Waals surface area contributed by atoms with Crippen LogP contribution in [0.2, 0.25) is 0 Å². The molecular weight excluding hydrogens is 1630 g/mol. The number of hydrogen-bond acceptors (Lipinski definition) is 12. The van der Waals surface area contributed by atoms with Gasteiger partial charge in [-0.3, -0.25) is 57.8 Å². The summed E-state index contributed by atoms with van der Waals surface area (Å²) in [5.74, 6) is -9.31. The number of ether oxygens (including phenoxy) is 2. The summed E-state index contributed by atoms with van der Waals surface area (Å²) in [4.78, 5) is 85.6. The first-order valence-electron chi connectivity index (χ1n) is 41.3. The van der Waals surface area contributed by atoms with Crippen LogP contribution < -0.4 is 40.8 Å². The number of aromatic nitrogens is 3. The van der Waals surface area contributed by atoms with Crippen LogP contribution in [0.3, 0.4) is 0 Å². The summed E-state index contributed by atoms with van der Waals surface area (Å²) < 4.78 is 146. The van der Waals surface area contributed by atoms with Crippen molar-refractivity contribution in [2.75, 3.05) is 48.2 Å². The molecule has 0 saturated heterocycles. The maximum absolute atomic E-state index is 15.0. The molecule has 3 aromatic heterocycles. The van der Waals surface area contributed by atoms with E-state index in [2.05, 4.69) is 0 Å². The van der Waals surface area contributed by atoms with Crippen molar-refractivity contribution in [3.8, 4) is 17.2 Å². The Morgan fingerprint density at radius 3 is 1.31 bits per heavy atom. The molecule has 126 heavy (non-hydrogen) atoms. The minimum Gasteiger partial charge on any atom is -0.502 e. The van der Waals surface area contributed by atoms with Gasteiger partial charge < -0.3 is 29.3 Å². The van der Waals surface area contributed by atoms with E-state index in [0.717, 1.165) is 57.4 Å². The zero-order valence-corrected chi connectivity index (χ0v) is 67.5. The molecule has 3 amide bonds. The molecule has 6 heterocycles. The number of halogens is 9. The number of carbonyl (C=O) groups is 3. The van der Waals surface area contributed by atoms with E-state index in [9.17, 15) is 64.6 Å². The molecule has 4 atom stereocenters. The number of rotatable bonds is 17. The summed E-state index contributed by atoms with van der Waals surface area (Å²) in [7, 11) is 0. The van der Waals surface area contributed by atoms with Gasteiger partial charge in [0.1, 0.15) is 54.1 Å². The predicted octanol–water partition coefficient (Wildman–Crippen LogP) is 16.6. The quantitative estimate of drug-likeness (QED) is 0.0676. The molecule has 0 fully saturated rings. The average molecular weight is 1710 g/mol. The molecule has 21 rings (SSSR count). The van der Waals surface area contributed by atoms with Crippen LogP contribution in [0.15, 0.2) is 244 Å². The summed E-state index contributed by atoms with van der Waals surface area (Å²) in [6.45, 7) is 4.88. The van der Waals surface area contributed by atoms with Gasteiger partial charge in [-0.25, -0.2) is 39.5 Å². The molecule has 9 aromatic carbocycles. The number of unbranched alkanes of at least 4 members (excludes halogenated alkanes) is 2. The Bertz CT molecular complexity index is 6600. The summed E-state index contributed by atoms with van der Waals surface area (Å²) in [5, 5.41) is 16.6. The molecule has 3 aliphatic heterocycles. The van der Waals surface area contributed by atoms with E-state index in [1.165, 1.54) is 107 Å². The van der Waals surface area contributed by atoms with Gasteiger partial charge in [-0.1, -0.05) is 155 Å². The van der Waals surface area contributed by atoms with Gasteiger partial charge in [-0.2, -0.15) is 0 Å². The first-order chi connectivity index (χ1) is 60.4. The zero-order chi connectivity index (χ0) is 86.8. The van der Waals surface area contributed by atoms with Crippen LogP contribution in [0.25, 0.3) is 12.2 Å². The number of aromatic hydroxyl groups is 1. The zero-order valence-electron chi connectivity index (χ0n) is 67.5. The van der Waals surface area contributed by atoms with Gasteiger partial charge in [0.15, 0.2) is 69.2 Å². The number of benzene rings is 9. The van der Waals surface area contributed by atoms with Crippen LogP contribution in [-0.2, 0) is 61.9 Å². The van der Waals surface area contributed by atoms with Gasteiger partial charge in [0.05, 0.1) is 13.2 Å². The summed E-state index contributed by atoms with van der Waals surface area (Å²) in [6, 6.07) is 52.1. The SMILES string of the molecule is C.CCCCOc1c2n(ccc1=O)N(C13C(=Cc4cc(F)c(F)cc41)Cc1ccccc13)CN(Cc1ccc(F)cc1)C2=O.CCCCOc1c2n(ccc1=O)N(C13C(=Cc4ccccc41)Cc1cc(F)c(F)cc13)CN(Cc1ccc(F)cc1)C2=O.O=C1c2c(O)c(=O)ccn2N(C23c4ccccc4CC2Cc2cc(F)c(F)cc23)CN1Cc1ccc(F)cc1. The van der Waals surface area contributed by atoms with Crippen molar-refractivity contribution in [2.24, 2.45) is 5.92 Å². The van der Waals surface area contributed by atoms with Crippen LogP contribution in [0.1, 0.15) is 162 Å². The molecule has 1 N–H and O–H groups in total. The lowest BCUT2D eigenvalue weighted by atomic mass is 9.81. The van der Waals surface area contributed by atoms with Crippen molar-refractivity contribution < 1.29 is 68.5 Å². The fourth-order valence-electron chi connectivity index (χ4n) is 20.0. The molecule has 18 nitrogen and oxygen atoms in total. The minimum atomic E-state index is -1.10. The Kier molecular flexibility index (Phi) is 21.2. The Morgan fingerprint density at radius 1 is 0.381 bits per heavy atom. The van der Waals surface area contributed by atoms with Crippen molar-refractivity contribution in [3.63, 3.8) is 0 Å². The smallest absolute Gasteiger partial charge is 0.278 e. The van der Waals surface area contributed by atoms with Crippen molar-refractivity contribution in [1.29, 1.82) is 0 Å². The maximum atomic E-state index is 15.0. The average Bonchev–Trinajstić information content (AvgIpc) is 1.55. The van der Waals surface area contributed by atoms with Crippen LogP contribution in [0.4, 0.5) is 39.5 Å². The van der Waals surface area contributed by atoms with Gasteiger partial charge in [0, 0.05) is 62.3 Å². The van der Waals surface area contributed by atoms with Gasteiger partial charge in [0.2, 0.25) is 16.3 Å². The molecule has 0 bridgehead atoms. The van der Waals surface area contributed by atoms with Crippen molar-refractivity contribution in [2.45, 2.75) is 109 Å². The molecule has 0 radical (unpaired) electrons. The minimum absolute atomic E-state index is 0. The maximum Gasteiger partial charge on any atom is 0.278 e. The molecule has 4 unspecified atom stereocenters. The number of nitrogens with zero attached hydrogens (tertiary/aromatic N) is 9. The first kappa shape index (κ1) is 82.8. The van der Waals surface area contributed by atoms with Crippen molar-refractivity contribution in [3.05, 3.63) is 413 Å². The van der Waals surface area contributed by atoms with Crippen molar-refractivity contribution >= 4 is 29.9 Å². The fourth-order valence-corrected chi connectivity index (χ4v) is 20.0. The van der Waals surface area contributed by atoms with E-state index in [4.69, 9.17) is 9.47 Å². The van der Waals surface area contributed by atoms with Crippen LogP contribution in [-0.4, -0.2) is 84.8 Å². The number of carbonyl (C=O) groups excluding carboxylic acids is 3. The van der Waals surface area contributed by atoms with Crippen LogP contribution in [0.5, 0.6) is 17.2 Å². The van der Waals surface area contributed by atoms with Gasteiger partial charge >= 0.3 is 0 Å². The lowest BCUT2D eigenvalue weighted by molar-refractivity contribution is 0.0627. The van der Waals surface area contributed by atoms with E-state index >= 15 is 8.78 Å². The highest BCUT2D eigenvalue weighted by Crippen LogP contribution is 2.60. The lowest BCUT2D eigenvalue weighted by Crippen LogP contribution is -2.63. The van der Waals surface area contributed by atoms with Crippen LogP contribution in [0, 0.1) is 58.3 Å². The third kappa shape index (κ3) is 13.2. The molecule has 27 heteroatoms. The third-order valence-corrected chi connectivity index (χ3v) is 25.5. The van der Waals surface area contributed by atoms with Gasteiger partial charge in [-0.15, -0.1) is 0 Å². The van der Waals surface area contributed by atoms with Gasteiger partial charge in [-0.05, 0) is 206 Å². The molecule has 0 saturated carbocycles. The lowest BCUT2D eigenvalue weighted by Gasteiger charge is -2.50. The first-order valence-corrected chi connectivity index (χ1v) is 41.3. The second-order valence-corrected chi connectivity index (χ2v) is 32.6. The molecule has 0 spiro atoms. The molecule has 12 aromatic rings. The monoisotopic (exact) mass is 1710 g/mol. The molecular formula is C99H82F9N9O9. The highest BCUT2D eigenvalue weighted by molar-refractivity contribution is 5.98. The molecule has 9 aliphatic rings. The topological polar surface area (TPSA) is 175 Å². The fraction of sp³-hybridized carbons (Fsp3) is 0.232. The third-order valence-electron chi connectivity index (χ3n) is 25.5. The van der Waals surface area contributed by atoms with Crippen LogP contribution >= 0.6 is 0 Å². The summed E-state index contributed by atoms with van der Waals surface area (Å²) in [5.41, 5.74) is 8.05. The largest absolute Gasteiger partial charge is 0.502 e. The van der Waals surface area contributed by atoms with E-state index in [1.54, 1.807) is 67.9 Å². The number of amides is 3. The standard InChI is InChI=1S/2C34H28F3N3O3.C30H22F3N3O3.CH4/c2*1-2-3-14-43-32-30(41)12-13-39-31(32)33(42)38(19-21-8-10-25(35)11-9-21)20-40(39)34-24(15-22-6-4-5-7-26(22)34)16-23-17-28(36)29(37)18-27(23)34;31-21-7-5-17(6-8-21)15-34-16-36(35-10-9-26(37)28(38)27(35)29(34)39)30-20(11-18-3-1-2-4-22(18)30)12-19-13-24(32)25(33)14-23(19)30;/h4-13,16-18H,2-3,14-15,19-20H2,1H3;4-13,15,17-18H,2-3,14,16,19-20H2,1H3;1-10,13-14,20,38H,11-12,15-16H2;1H4. The highest BCUT2D eigenvalue weighted by Gasteiger charge is 2.61. The number of pyridine rings is 3.